The summed E-state index contributed by atoms with van der Waals surface area (Å²) in [5, 5.41) is 2.12. The average molecular weight is 662 g/mol. The Balaban J connectivity index is 1.86. The number of anilines is 1. The van der Waals surface area contributed by atoms with Crippen LogP contribution in [0.5, 0.6) is 0 Å². The van der Waals surface area contributed by atoms with Crippen molar-refractivity contribution in [2.75, 3.05) is 17.9 Å². The van der Waals surface area contributed by atoms with Gasteiger partial charge in [-0.1, -0.05) is 78.3 Å². The van der Waals surface area contributed by atoms with Gasteiger partial charge in [0.1, 0.15) is 18.4 Å². The molecule has 4 aromatic carbocycles. The lowest BCUT2D eigenvalue weighted by Gasteiger charge is -2.34. The Morgan fingerprint density at radius 1 is 0.889 bits per heavy atom. The molecule has 0 heterocycles. The Morgan fingerprint density at radius 2 is 1.49 bits per heavy atom. The highest BCUT2D eigenvalue weighted by atomic mass is 35.5. The van der Waals surface area contributed by atoms with Crippen molar-refractivity contribution in [2.24, 2.45) is 0 Å². The molecule has 0 saturated heterocycles. The summed E-state index contributed by atoms with van der Waals surface area (Å²) in [5.74, 6) is -2.30. The first kappa shape index (κ1) is 33.5. The van der Waals surface area contributed by atoms with Crippen LogP contribution < -0.4 is 9.62 Å². The minimum atomic E-state index is -4.86. The van der Waals surface area contributed by atoms with Gasteiger partial charge in [-0.25, -0.2) is 12.8 Å². The van der Waals surface area contributed by atoms with E-state index in [0.717, 1.165) is 11.0 Å². The Labute approximate surface area is 263 Å². The number of benzene rings is 4. The predicted molar refractivity (Wildman–Crippen MR) is 162 cm³/mol. The standard InChI is InChI=1S/C32H28ClF4N3O4S/c1-38-31(42)29(18-22-10-4-2-5-11-22)39(20-23-12-8-9-15-27(23)34)30(41)21-40(45(43,44)25-13-6-3-7-14-25)28-19-24(32(35,36)37)16-17-26(28)33/h2-17,19,29H,18,20-21H2,1H3,(H,38,42). The Kier molecular flexibility index (Phi) is 10.5. The van der Waals surface area contributed by atoms with Gasteiger partial charge in [0.2, 0.25) is 11.8 Å². The van der Waals surface area contributed by atoms with Crippen LogP contribution >= 0.6 is 11.6 Å². The van der Waals surface area contributed by atoms with Crippen molar-refractivity contribution in [3.63, 3.8) is 0 Å². The molecule has 4 aromatic rings. The molecule has 0 saturated carbocycles. The maximum Gasteiger partial charge on any atom is 0.416 e. The normalized spacial score (nSPS) is 12.3. The zero-order chi connectivity index (χ0) is 32.8. The molecular weight excluding hydrogens is 634 g/mol. The van der Waals surface area contributed by atoms with Crippen molar-refractivity contribution in [1.82, 2.24) is 10.2 Å². The third-order valence-electron chi connectivity index (χ3n) is 6.97. The lowest BCUT2D eigenvalue weighted by atomic mass is 10.0. The molecule has 0 aliphatic heterocycles. The summed E-state index contributed by atoms with van der Waals surface area (Å²) >= 11 is 6.28. The van der Waals surface area contributed by atoms with Gasteiger partial charge in [-0.3, -0.25) is 13.9 Å². The maximum absolute atomic E-state index is 14.9. The Hall–Kier alpha value is -4.42. The Bertz CT molecular complexity index is 1760. The van der Waals surface area contributed by atoms with Gasteiger partial charge in [-0.05, 0) is 42.0 Å². The van der Waals surface area contributed by atoms with Gasteiger partial charge in [0, 0.05) is 25.6 Å². The third kappa shape index (κ3) is 8.00. The number of sulfonamides is 1. The summed E-state index contributed by atoms with van der Waals surface area (Å²) in [6.45, 7) is -1.51. The number of halogens is 5. The first-order valence-electron chi connectivity index (χ1n) is 13.6. The summed E-state index contributed by atoms with van der Waals surface area (Å²) < 4.78 is 84.4. The average Bonchev–Trinajstić information content (AvgIpc) is 3.02. The number of hydrogen-bond acceptors (Lipinski definition) is 4. The van der Waals surface area contributed by atoms with Crippen LogP contribution in [0.1, 0.15) is 16.7 Å². The number of amides is 2. The van der Waals surface area contributed by atoms with E-state index in [1.165, 1.54) is 55.6 Å². The zero-order valence-electron chi connectivity index (χ0n) is 23.8. The summed E-state index contributed by atoms with van der Waals surface area (Å²) in [5.41, 5.74) is -1.12. The minimum absolute atomic E-state index is 0.0300. The fraction of sp³-hybridized carbons (Fsp3) is 0.188. The number of rotatable bonds is 11. The van der Waals surface area contributed by atoms with Gasteiger partial charge >= 0.3 is 6.18 Å². The van der Waals surface area contributed by atoms with Crippen LogP contribution in [0.15, 0.2) is 108 Å². The van der Waals surface area contributed by atoms with Crippen LogP contribution in [0.2, 0.25) is 5.02 Å². The van der Waals surface area contributed by atoms with Gasteiger partial charge in [0.05, 0.1) is 21.2 Å². The molecule has 1 N–H and O–H groups in total. The van der Waals surface area contributed by atoms with E-state index in [1.807, 2.05) is 0 Å². The topological polar surface area (TPSA) is 86.8 Å². The third-order valence-corrected chi connectivity index (χ3v) is 9.06. The molecule has 1 atom stereocenters. The summed E-state index contributed by atoms with van der Waals surface area (Å²) in [6.07, 6.45) is -4.89. The largest absolute Gasteiger partial charge is 0.416 e. The fourth-order valence-electron chi connectivity index (χ4n) is 4.64. The highest BCUT2D eigenvalue weighted by molar-refractivity contribution is 7.92. The minimum Gasteiger partial charge on any atom is -0.357 e. The van der Waals surface area contributed by atoms with Crippen molar-refractivity contribution < 1.29 is 35.6 Å². The highest BCUT2D eigenvalue weighted by Gasteiger charge is 2.37. The fourth-order valence-corrected chi connectivity index (χ4v) is 6.36. The Morgan fingerprint density at radius 3 is 2.09 bits per heavy atom. The zero-order valence-corrected chi connectivity index (χ0v) is 25.4. The van der Waals surface area contributed by atoms with E-state index < -0.39 is 64.2 Å². The molecule has 236 valence electrons. The lowest BCUT2D eigenvalue weighted by Crippen LogP contribution is -2.53. The van der Waals surface area contributed by atoms with E-state index in [-0.39, 0.29) is 21.9 Å². The van der Waals surface area contributed by atoms with Crippen molar-refractivity contribution in [3.8, 4) is 0 Å². The number of alkyl halides is 3. The molecule has 0 radical (unpaired) electrons. The molecule has 1 unspecified atom stereocenters. The summed E-state index contributed by atoms with van der Waals surface area (Å²) in [7, 11) is -3.35. The first-order chi connectivity index (χ1) is 21.3. The predicted octanol–water partition coefficient (Wildman–Crippen LogP) is 6.08. The van der Waals surface area contributed by atoms with Crippen LogP contribution in [-0.2, 0) is 38.8 Å². The van der Waals surface area contributed by atoms with Crippen LogP contribution in [0.3, 0.4) is 0 Å². The van der Waals surface area contributed by atoms with E-state index >= 15 is 0 Å². The maximum atomic E-state index is 14.9. The van der Waals surface area contributed by atoms with Gasteiger partial charge in [0.15, 0.2) is 0 Å². The molecule has 4 rings (SSSR count). The van der Waals surface area contributed by atoms with Gasteiger partial charge < -0.3 is 10.2 Å². The molecule has 0 spiro atoms. The summed E-state index contributed by atoms with van der Waals surface area (Å²) in [4.78, 5) is 28.2. The van der Waals surface area contributed by atoms with E-state index in [4.69, 9.17) is 11.6 Å². The summed E-state index contributed by atoms with van der Waals surface area (Å²) in [6, 6.07) is 21.8. The second-order valence-corrected chi connectivity index (χ2v) is 12.2. The van der Waals surface area contributed by atoms with Gasteiger partial charge in [-0.2, -0.15) is 13.2 Å². The number of nitrogens with one attached hydrogen (secondary N) is 1. The molecule has 2 amide bonds. The number of carbonyl (C=O) groups excluding carboxylic acids is 2. The van der Waals surface area contributed by atoms with Crippen molar-refractivity contribution >= 4 is 39.1 Å². The SMILES string of the molecule is CNC(=O)C(Cc1ccccc1)N(Cc1ccccc1F)C(=O)CN(c1cc(C(F)(F)F)ccc1Cl)S(=O)(=O)c1ccccc1. The van der Waals surface area contributed by atoms with Crippen molar-refractivity contribution in [2.45, 2.75) is 30.1 Å². The molecule has 0 aliphatic carbocycles. The van der Waals surface area contributed by atoms with Crippen LogP contribution in [0.4, 0.5) is 23.2 Å². The highest BCUT2D eigenvalue weighted by Crippen LogP contribution is 2.37. The molecule has 0 aromatic heterocycles. The molecule has 13 heteroatoms. The molecule has 0 bridgehead atoms. The molecule has 0 aliphatic rings. The van der Waals surface area contributed by atoms with E-state index in [2.05, 4.69) is 5.32 Å². The van der Waals surface area contributed by atoms with Crippen LogP contribution in [0.25, 0.3) is 0 Å². The monoisotopic (exact) mass is 661 g/mol. The van der Waals surface area contributed by atoms with E-state index in [1.54, 1.807) is 36.4 Å². The first-order valence-corrected chi connectivity index (χ1v) is 15.4. The molecular formula is C32H28ClF4N3O4S. The number of carbonyl (C=O) groups is 2. The van der Waals surface area contributed by atoms with Crippen LogP contribution in [0, 0.1) is 5.82 Å². The second kappa shape index (κ2) is 14.1. The van der Waals surface area contributed by atoms with Gasteiger partial charge in [0.25, 0.3) is 10.0 Å². The second-order valence-electron chi connectivity index (χ2n) is 9.92. The van der Waals surface area contributed by atoms with Crippen molar-refractivity contribution in [1.29, 1.82) is 0 Å². The van der Waals surface area contributed by atoms with Gasteiger partial charge in [-0.15, -0.1) is 0 Å². The molecule has 45 heavy (non-hydrogen) atoms. The van der Waals surface area contributed by atoms with E-state index in [0.29, 0.717) is 22.0 Å². The number of likely N-dealkylation sites (N-methyl/N-ethyl adjacent to an activating group) is 1. The lowest BCUT2D eigenvalue weighted by molar-refractivity contribution is -0.139. The quantitative estimate of drug-likeness (QED) is 0.198. The smallest absolute Gasteiger partial charge is 0.357 e. The number of hydrogen-bond donors (Lipinski definition) is 1. The van der Waals surface area contributed by atoms with Crippen LogP contribution in [-0.4, -0.2) is 44.8 Å². The molecule has 7 nitrogen and oxygen atoms in total. The van der Waals surface area contributed by atoms with Crippen molar-refractivity contribution in [3.05, 3.63) is 131 Å². The van der Waals surface area contributed by atoms with E-state index in [9.17, 15) is 35.6 Å². The number of nitrogens with zero attached hydrogens (tertiary/aromatic N) is 2. The molecule has 0 fully saturated rings.